The largest absolute Gasteiger partial charge is 0.491 e. The van der Waals surface area contributed by atoms with Gasteiger partial charge < -0.3 is 19.3 Å². The van der Waals surface area contributed by atoms with Crippen LogP contribution in [0.1, 0.15) is 12.8 Å². The number of hydrogen-bond donors (Lipinski definition) is 1. The molecule has 0 unspecified atom stereocenters. The molecular weight excluding hydrogens is 282 g/mol. The third-order valence-electron chi connectivity index (χ3n) is 3.61. The Morgan fingerprint density at radius 3 is 2.45 bits per heavy atom. The third-order valence-corrected chi connectivity index (χ3v) is 3.61. The van der Waals surface area contributed by atoms with Crippen molar-refractivity contribution in [3.8, 4) is 17.4 Å². The monoisotopic (exact) mass is 301 g/mol. The smallest absolute Gasteiger partial charge is 0.219 e. The summed E-state index contributed by atoms with van der Waals surface area (Å²) >= 11 is 0. The van der Waals surface area contributed by atoms with Crippen molar-refractivity contribution in [1.82, 2.24) is 4.98 Å². The van der Waals surface area contributed by atoms with E-state index in [1.165, 1.54) is 0 Å². The Hall–Kier alpha value is -2.11. The van der Waals surface area contributed by atoms with E-state index in [0.29, 0.717) is 43.4 Å². The van der Waals surface area contributed by atoms with Crippen molar-refractivity contribution in [2.75, 3.05) is 19.8 Å². The van der Waals surface area contributed by atoms with E-state index in [4.69, 9.17) is 14.2 Å². The first-order valence-corrected chi connectivity index (χ1v) is 7.35. The Labute approximate surface area is 129 Å². The second kappa shape index (κ2) is 6.77. The van der Waals surface area contributed by atoms with Gasteiger partial charge in [0.05, 0.1) is 0 Å². The average molecular weight is 301 g/mol. The number of benzene rings is 1. The van der Waals surface area contributed by atoms with Crippen molar-refractivity contribution in [3.63, 3.8) is 0 Å². The van der Waals surface area contributed by atoms with Crippen LogP contribution in [-0.4, -0.2) is 35.5 Å². The quantitative estimate of drug-likeness (QED) is 0.920. The Morgan fingerprint density at radius 1 is 1.05 bits per heavy atom. The molecule has 1 aliphatic rings. The molecule has 0 spiro atoms. The number of hydrogen-bond acceptors (Lipinski definition) is 5. The van der Waals surface area contributed by atoms with Crippen LogP contribution in [0.2, 0.25) is 0 Å². The molecule has 1 N–H and O–H groups in total. The minimum atomic E-state index is -0.790. The van der Waals surface area contributed by atoms with Crippen LogP contribution in [0.4, 0.5) is 0 Å². The maximum absolute atomic E-state index is 10.3. The molecule has 1 fully saturated rings. The normalized spacial score (nSPS) is 17.0. The van der Waals surface area contributed by atoms with Crippen LogP contribution < -0.4 is 9.47 Å². The lowest BCUT2D eigenvalue weighted by Gasteiger charge is -2.31. The van der Waals surface area contributed by atoms with Crippen molar-refractivity contribution in [2.24, 2.45) is 0 Å². The van der Waals surface area contributed by atoms with Gasteiger partial charge in [-0.2, -0.15) is 0 Å². The molecule has 3 rings (SSSR count). The summed E-state index contributed by atoms with van der Waals surface area (Å²) in [5, 5.41) is 10.3. The molecule has 116 valence electrons. The number of ether oxygens (including phenoxy) is 3. The molecule has 2 heterocycles. The lowest BCUT2D eigenvalue weighted by molar-refractivity contribution is -0.0855. The van der Waals surface area contributed by atoms with Crippen molar-refractivity contribution < 1.29 is 19.3 Å². The Morgan fingerprint density at radius 2 is 1.77 bits per heavy atom. The summed E-state index contributed by atoms with van der Waals surface area (Å²) in [6, 6.07) is 12.8. The number of nitrogens with zero attached hydrogens (tertiary/aromatic N) is 1. The van der Waals surface area contributed by atoms with Gasteiger partial charge in [-0.3, -0.25) is 0 Å². The molecule has 1 saturated heterocycles. The summed E-state index contributed by atoms with van der Waals surface area (Å²) in [6.07, 6.45) is 2.89. The van der Waals surface area contributed by atoms with Crippen LogP contribution in [0.3, 0.4) is 0 Å². The van der Waals surface area contributed by atoms with Crippen molar-refractivity contribution >= 4 is 0 Å². The molecule has 5 heteroatoms. The van der Waals surface area contributed by atoms with Crippen LogP contribution in [0.25, 0.3) is 0 Å². The Bertz CT molecular complexity index is 579. The summed E-state index contributed by atoms with van der Waals surface area (Å²) in [5.74, 6) is 1.94. The zero-order chi connectivity index (χ0) is 15.3. The molecule has 0 aliphatic carbocycles. The summed E-state index contributed by atoms with van der Waals surface area (Å²) in [4.78, 5) is 4.10. The van der Waals surface area contributed by atoms with Crippen molar-refractivity contribution in [1.29, 1.82) is 0 Å². The van der Waals surface area contributed by atoms with E-state index in [1.807, 2.05) is 36.4 Å². The number of aromatic nitrogens is 1. The van der Waals surface area contributed by atoms with E-state index in [-0.39, 0.29) is 6.61 Å². The van der Waals surface area contributed by atoms with E-state index < -0.39 is 5.60 Å². The molecule has 0 amide bonds. The highest BCUT2D eigenvalue weighted by Crippen LogP contribution is 2.25. The van der Waals surface area contributed by atoms with Crippen LogP contribution in [0, 0.1) is 0 Å². The maximum Gasteiger partial charge on any atom is 0.219 e. The minimum Gasteiger partial charge on any atom is -0.491 e. The number of aliphatic hydroxyl groups is 1. The molecular formula is C17H19NO4. The van der Waals surface area contributed by atoms with E-state index >= 15 is 0 Å². The Kier molecular flexibility index (Phi) is 4.56. The van der Waals surface area contributed by atoms with Crippen LogP contribution in [0.5, 0.6) is 17.4 Å². The van der Waals surface area contributed by atoms with Crippen molar-refractivity contribution in [3.05, 3.63) is 48.7 Å². The molecule has 0 radical (unpaired) electrons. The first kappa shape index (κ1) is 14.8. The summed E-state index contributed by atoms with van der Waals surface area (Å²) < 4.78 is 16.5. The first-order valence-electron chi connectivity index (χ1n) is 7.35. The molecule has 0 saturated carbocycles. The SMILES string of the molecule is OC1(COc2ccc(Oc3ccccn3)cc2)CCOCC1. The highest BCUT2D eigenvalue weighted by molar-refractivity contribution is 5.33. The Balaban J connectivity index is 1.55. The minimum absolute atomic E-state index is 0.275. The number of rotatable bonds is 5. The lowest BCUT2D eigenvalue weighted by atomic mass is 9.96. The standard InChI is InChI=1S/C17H19NO4/c19-17(8-11-20-12-9-17)13-21-14-4-6-15(7-5-14)22-16-3-1-2-10-18-16/h1-7,10,19H,8-9,11-13H2. The average Bonchev–Trinajstić information content (AvgIpc) is 2.56. The van der Waals surface area contributed by atoms with Crippen LogP contribution in [-0.2, 0) is 4.74 Å². The molecule has 0 bridgehead atoms. The van der Waals surface area contributed by atoms with Gasteiger partial charge in [-0.15, -0.1) is 0 Å². The highest BCUT2D eigenvalue weighted by Gasteiger charge is 2.30. The third kappa shape index (κ3) is 3.96. The molecule has 1 aromatic heterocycles. The first-order chi connectivity index (χ1) is 10.7. The summed E-state index contributed by atoms with van der Waals surface area (Å²) in [5.41, 5.74) is -0.790. The highest BCUT2D eigenvalue weighted by atomic mass is 16.5. The number of pyridine rings is 1. The predicted octanol–water partition coefficient (Wildman–Crippen LogP) is 2.79. The molecule has 1 aliphatic heterocycles. The van der Waals surface area contributed by atoms with Crippen LogP contribution in [0.15, 0.2) is 48.7 Å². The van der Waals surface area contributed by atoms with Gasteiger partial charge in [0.25, 0.3) is 0 Å². The van der Waals surface area contributed by atoms with Crippen LogP contribution >= 0.6 is 0 Å². The fourth-order valence-corrected chi connectivity index (χ4v) is 2.25. The zero-order valence-corrected chi connectivity index (χ0v) is 12.3. The van der Waals surface area contributed by atoms with Gasteiger partial charge in [-0.25, -0.2) is 4.98 Å². The van der Waals surface area contributed by atoms with E-state index in [9.17, 15) is 5.11 Å². The fraction of sp³-hybridized carbons (Fsp3) is 0.353. The molecule has 5 nitrogen and oxygen atoms in total. The fourth-order valence-electron chi connectivity index (χ4n) is 2.25. The lowest BCUT2D eigenvalue weighted by Crippen LogP contribution is -2.41. The topological polar surface area (TPSA) is 60.8 Å². The summed E-state index contributed by atoms with van der Waals surface area (Å²) in [7, 11) is 0. The van der Waals surface area contributed by atoms with Crippen molar-refractivity contribution in [2.45, 2.75) is 18.4 Å². The maximum atomic E-state index is 10.3. The van der Waals surface area contributed by atoms with Gasteiger partial charge in [-0.1, -0.05) is 6.07 Å². The van der Waals surface area contributed by atoms with Gasteiger partial charge in [-0.05, 0) is 30.3 Å². The van der Waals surface area contributed by atoms with E-state index in [0.717, 1.165) is 0 Å². The van der Waals surface area contributed by atoms with Gasteiger partial charge >= 0.3 is 0 Å². The predicted molar refractivity (Wildman–Crippen MR) is 81.3 cm³/mol. The van der Waals surface area contributed by atoms with Gasteiger partial charge in [0, 0.05) is 38.3 Å². The van der Waals surface area contributed by atoms with Gasteiger partial charge in [0.2, 0.25) is 5.88 Å². The molecule has 0 atom stereocenters. The second-order valence-electron chi connectivity index (χ2n) is 5.37. The van der Waals surface area contributed by atoms with Gasteiger partial charge in [0.1, 0.15) is 23.7 Å². The molecule has 1 aromatic carbocycles. The molecule has 22 heavy (non-hydrogen) atoms. The molecule has 2 aromatic rings. The van der Waals surface area contributed by atoms with Gasteiger partial charge in [0.15, 0.2) is 0 Å². The summed E-state index contributed by atoms with van der Waals surface area (Å²) in [6.45, 7) is 1.43. The zero-order valence-electron chi connectivity index (χ0n) is 12.3. The second-order valence-corrected chi connectivity index (χ2v) is 5.37. The van der Waals surface area contributed by atoms with E-state index in [2.05, 4.69) is 4.98 Å². The van der Waals surface area contributed by atoms with E-state index in [1.54, 1.807) is 12.3 Å².